The average Bonchev–Trinajstić information content (AvgIpc) is 2.35. The molecular weight excluding hydrogens is 244 g/mol. The summed E-state index contributed by atoms with van der Waals surface area (Å²) in [6, 6.07) is 4.01. The van der Waals surface area contributed by atoms with Crippen molar-refractivity contribution in [2.45, 2.75) is 19.4 Å². The summed E-state index contributed by atoms with van der Waals surface area (Å²) < 4.78 is 0. The Bertz CT molecular complexity index is 499. The molecule has 1 saturated heterocycles. The number of likely N-dealkylation sites (N-methyl/N-ethyl adjacent to an activating group) is 1. The Morgan fingerprint density at radius 1 is 1.26 bits per heavy atom. The van der Waals surface area contributed by atoms with Crippen LogP contribution in [0.15, 0.2) is 18.2 Å². The number of carbonyl (C=O) groups is 1. The maximum atomic E-state index is 12.4. The number of aromatic hydroxyl groups is 2. The number of hydrogen-bond donors (Lipinski definition) is 2. The molecule has 1 aromatic carbocycles. The lowest BCUT2D eigenvalue weighted by atomic mass is 9.99. The Balaban J connectivity index is 2.23. The zero-order valence-electron chi connectivity index (χ0n) is 11.6. The van der Waals surface area contributed by atoms with Crippen molar-refractivity contribution < 1.29 is 15.0 Å². The second-order valence-corrected chi connectivity index (χ2v) is 5.66. The van der Waals surface area contributed by atoms with Gasteiger partial charge in [-0.05, 0) is 39.1 Å². The molecule has 1 aliphatic heterocycles. The zero-order chi connectivity index (χ0) is 14.2. The Kier molecular flexibility index (Phi) is 3.41. The van der Waals surface area contributed by atoms with Gasteiger partial charge in [-0.15, -0.1) is 0 Å². The Morgan fingerprint density at radius 2 is 1.95 bits per heavy atom. The van der Waals surface area contributed by atoms with Gasteiger partial charge in [-0.1, -0.05) is 0 Å². The summed E-state index contributed by atoms with van der Waals surface area (Å²) in [7, 11) is 2.04. The second-order valence-electron chi connectivity index (χ2n) is 5.66. The Labute approximate surface area is 113 Å². The van der Waals surface area contributed by atoms with Gasteiger partial charge in [-0.3, -0.25) is 9.69 Å². The van der Waals surface area contributed by atoms with Crippen LogP contribution in [-0.2, 0) is 0 Å². The minimum Gasteiger partial charge on any atom is -0.508 e. The van der Waals surface area contributed by atoms with E-state index in [-0.39, 0.29) is 28.5 Å². The summed E-state index contributed by atoms with van der Waals surface area (Å²) in [4.78, 5) is 16.3. The van der Waals surface area contributed by atoms with Crippen LogP contribution in [0.1, 0.15) is 24.2 Å². The predicted molar refractivity (Wildman–Crippen MR) is 72.4 cm³/mol. The van der Waals surface area contributed by atoms with Crippen molar-refractivity contribution in [3.63, 3.8) is 0 Å². The first-order valence-corrected chi connectivity index (χ1v) is 6.34. The molecule has 0 spiro atoms. The third-order valence-corrected chi connectivity index (χ3v) is 3.81. The number of benzene rings is 1. The van der Waals surface area contributed by atoms with Crippen LogP contribution in [0.25, 0.3) is 0 Å². The van der Waals surface area contributed by atoms with E-state index in [0.717, 1.165) is 6.54 Å². The fourth-order valence-corrected chi connectivity index (χ4v) is 2.28. The normalized spacial score (nSPS) is 19.4. The molecule has 0 aliphatic carbocycles. The summed E-state index contributed by atoms with van der Waals surface area (Å²) >= 11 is 0. The van der Waals surface area contributed by atoms with Gasteiger partial charge in [-0.2, -0.15) is 0 Å². The van der Waals surface area contributed by atoms with Crippen LogP contribution < -0.4 is 0 Å². The smallest absolute Gasteiger partial charge is 0.257 e. The molecule has 19 heavy (non-hydrogen) atoms. The van der Waals surface area contributed by atoms with Gasteiger partial charge in [0.2, 0.25) is 0 Å². The standard InChI is InChI=1S/C14H20N2O3/c1-14(2)9-16(7-6-15(14)3)13(19)11-8-10(17)4-5-12(11)18/h4-5,8,17-18H,6-7,9H2,1-3H3. The molecule has 0 bridgehead atoms. The summed E-state index contributed by atoms with van der Waals surface area (Å²) in [5, 5.41) is 19.2. The van der Waals surface area contributed by atoms with Gasteiger partial charge in [0.1, 0.15) is 11.5 Å². The third-order valence-electron chi connectivity index (χ3n) is 3.81. The lowest BCUT2D eigenvalue weighted by Gasteiger charge is -2.45. The number of amides is 1. The monoisotopic (exact) mass is 264 g/mol. The van der Waals surface area contributed by atoms with Crippen molar-refractivity contribution in [2.75, 3.05) is 26.7 Å². The van der Waals surface area contributed by atoms with E-state index in [2.05, 4.69) is 18.7 Å². The van der Waals surface area contributed by atoms with E-state index in [9.17, 15) is 15.0 Å². The number of phenols is 2. The summed E-state index contributed by atoms with van der Waals surface area (Å²) in [5.74, 6) is -0.358. The molecule has 5 heteroatoms. The SMILES string of the molecule is CN1CCN(C(=O)c2cc(O)ccc2O)CC1(C)C. The zero-order valence-corrected chi connectivity index (χ0v) is 11.6. The minimum absolute atomic E-state index is 0.0189. The quantitative estimate of drug-likeness (QED) is 0.750. The molecule has 1 aliphatic rings. The molecule has 1 amide bonds. The molecule has 5 nitrogen and oxygen atoms in total. The van der Waals surface area contributed by atoms with Crippen molar-refractivity contribution >= 4 is 5.91 Å². The first-order chi connectivity index (χ1) is 8.81. The van der Waals surface area contributed by atoms with Crippen molar-refractivity contribution in [2.24, 2.45) is 0 Å². The van der Waals surface area contributed by atoms with E-state index >= 15 is 0 Å². The van der Waals surface area contributed by atoms with E-state index in [1.165, 1.54) is 18.2 Å². The Hall–Kier alpha value is -1.75. The molecule has 0 radical (unpaired) electrons. The van der Waals surface area contributed by atoms with Crippen LogP contribution in [0.3, 0.4) is 0 Å². The fraction of sp³-hybridized carbons (Fsp3) is 0.500. The summed E-state index contributed by atoms with van der Waals surface area (Å²) in [5.41, 5.74) is 0.0562. The molecular formula is C14H20N2O3. The van der Waals surface area contributed by atoms with Gasteiger partial charge >= 0.3 is 0 Å². The lowest BCUT2D eigenvalue weighted by Crippen LogP contribution is -2.58. The molecule has 1 heterocycles. The van der Waals surface area contributed by atoms with Gasteiger partial charge in [0.05, 0.1) is 5.56 Å². The van der Waals surface area contributed by atoms with Crippen LogP contribution in [0.5, 0.6) is 11.5 Å². The molecule has 2 N–H and O–H groups in total. The highest BCUT2D eigenvalue weighted by Crippen LogP contribution is 2.26. The molecule has 0 unspecified atom stereocenters. The number of nitrogens with zero attached hydrogens (tertiary/aromatic N) is 2. The number of rotatable bonds is 1. The molecule has 0 saturated carbocycles. The molecule has 0 aromatic heterocycles. The average molecular weight is 264 g/mol. The van der Waals surface area contributed by atoms with Crippen LogP contribution in [0, 0.1) is 0 Å². The van der Waals surface area contributed by atoms with Crippen molar-refractivity contribution in [3.8, 4) is 11.5 Å². The van der Waals surface area contributed by atoms with Crippen molar-refractivity contribution in [3.05, 3.63) is 23.8 Å². The fourth-order valence-electron chi connectivity index (χ4n) is 2.28. The van der Waals surface area contributed by atoms with Crippen LogP contribution in [0.4, 0.5) is 0 Å². The first-order valence-electron chi connectivity index (χ1n) is 6.34. The van der Waals surface area contributed by atoms with Gasteiger partial charge in [0.25, 0.3) is 5.91 Å². The topological polar surface area (TPSA) is 64.0 Å². The predicted octanol–water partition coefficient (Wildman–Crippen LogP) is 1.26. The Morgan fingerprint density at radius 3 is 2.58 bits per heavy atom. The van der Waals surface area contributed by atoms with Gasteiger partial charge in [0, 0.05) is 25.2 Å². The van der Waals surface area contributed by atoms with E-state index in [0.29, 0.717) is 13.1 Å². The van der Waals surface area contributed by atoms with Crippen LogP contribution >= 0.6 is 0 Å². The van der Waals surface area contributed by atoms with Gasteiger partial charge in [-0.25, -0.2) is 0 Å². The highest BCUT2D eigenvalue weighted by atomic mass is 16.3. The molecule has 104 valence electrons. The van der Waals surface area contributed by atoms with Gasteiger partial charge < -0.3 is 15.1 Å². The molecule has 2 rings (SSSR count). The summed E-state index contributed by atoms with van der Waals surface area (Å²) in [6.45, 7) is 6.16. The number of phenolic OH excluding ortho intramolecular Hbond substituents is 2. The number of piperazine rings is 1. The van der Waals surface area contributed by atoms with Crippen molar-refractivity contribution in [1.82, 2.24) is 9.80 Å². The third kappa shape index (κ3) is 2.66. The molecule has 0 atom stereocenters. The van der Waals surface area contributed by atoms with E-state index < -0.39 is 0 Å². The second kappa shape index (κ2) is 4.74. The minimum atomic E-state index is -0.241. The first kappa shape index (κ1) is 13.7. The number of hydrogen-bond acceptors (Lipinski definition) is 4. The van der Waals surface area contributed by atoms with E-state index in [1.54, 1.807) is 4.90 Å². The van der Waals surface area contributed by atoms with Crippen LogP contribution in [-0.4, -0.2) is 58.1 Å². The van der Waals surface area contributed by atoms with E-state index in [1.807, 2.05) is 7.05 Å². The highest BCUT2D eigenvalue weighted by molar-refractivity contribution is 5.97. The van der Waals surface area contributed by atoms with Crippen LogP contribution in [0.2, 0.25) is 0 Å². The molecule has 1 aromatic rings. The largest absolute Gasteiger partial charge is 0.508 e. The van der Waals surface area contributed by atoms with E-state index in [4.69, 9.17) is 0 Å². The van der Waals surface area contributed by atoms with Crippen molar-refractivity contribution in [1.29, 1.82) is 0 Å². The maximum Gasteiger partial charge on any atom is 0.257 e. The summed E-state index contributed by atoms with van der Waals surface area (Å²) in [6.07, 6.45) is 0. The maximum absolute atomic E-state index is 12.4. The van der Waals surface area contributed by atoms with Gasteiger partial charge in [0.15, 0.2) is 0 Å². The highest BCUT2D eigenvalue weighted by Gasteiger charge is 2.34. The lowest BCUT2D eigenvalue weighted by molar-refractivity contribution is 0.0309. The molecule has 1 fully saturated rings. The number of carbonyl (C=O) groups excluding carboxylic acids is 1.